The molecular formula is C30H28N2O7. The van der Waals surface area contributed by atoms with Crippen LogP contribution in [0.3, 0.4) is 0 Å². The summed E-state index contributed by atoms with van der Waals surface area (Å²) in [6.07, 6.45) is 1.26. The lowest BCUT2D eigenvalue weighted by molar-refractivity contribution is -0.384. The zero-order valence-electron chi connectivity index (χ0n) is 22.1. The van der Waals surface area contributed by atoms with Gasteiger partial charge in [0.1, 0.15) is 0 Å². The molecule has 39 heavy (non-hydrogen) atoms. The van der Waals surface area contributed by atoms with Gasteiger partial charge in [-0.1, -0.05) is 42.0 Å². The van der Waals surface area contributed by atoms with Gasteiger partial charge in [-0.25, -0.2) is 9.59 Å². The van der Waals surface area contributed by atoms with Gasteiger partial charge in [-0.3, -0.25) is 14.9 Å². The summed E-state index contributed by atoms with van der Waals surface area (Å²) in [6, 6.07) is 13.8. The fourth-order valence-corrected chi connectivity index (χ4v) is 4.66. The lowest BCUT2D eigenvalue weighted by Gasteiger charge is -2.22. The fourth-order valence-electron chi connectivity index (χ4n) is 4.66. The first-order chi connectivity index (χ1) is 18.7. The minimum atomic E-state index is -0.700. The van der Waals surface area contributed by atoms with Crippen LogP contribution in [0.1, 0.15) is 41.8 Å². The van der Waals surface area contributed by atoms with E-state index in [1.807, 2.05) is 31.2 Å². The van der Waals surface area contributed by atoms with Crippen LogP contribution in [0.5, 0.6) is 0 Å². The Morgan fingerprint density at radius 1 is 0.949 bits per heavy atom. The maximum absolute atomic E-state index is 14.1. The number of nitrogens with zero attached hydrogens (tertiary/aromatic N) is 1. The molecule has 0 aliphatic carbocycles. The summed E-state index contributed by atoms with van der Waals surface area (Å²) in [6.45, 7) is 7.30. The van der Waals surface area contributed by atoms with E-state index in [0.717, 1.165) is 16.5 Å². The summed E-state index contributed by atoms with van der Waals surface area (Å²) >= 11 is 0. The van der Waals surface area contributed by atoms with Crippen molar-refractivity contribution in [2.24, 2.45) is 0 Å². The standard InChI is InChI=1S/C30H28N2O7/c1-5-38-29(34)20-15-25(30(35)39-6-2)27(31-16-20)28(33)26-18(4)13-23(24-12-17(3)10-11-22(24)26)19-8-7-9-21(14-19)32(36)37/h7-14,16,31H,5-6,15H2,1-4H3. The predicted molar refractivity (Wildman–Crippen MR) is 146 cm³/mol. The molecule has 4 rings (SSSR count). The fraction of sp³-hybridized carbons (Fsp3) is 0.233. The van der Waals surface area contributed by atoms with Gasteiger partial charge < -0.3 is 14.8 Å². The molecule has 0 saturated carbocycles. The molecule has 1 heterocycles. The van der Waals surface area contributed by atoms with Crippen LogP contribution < -0.4 is 5.32 Å². The zero-order chi connectivity index (χ0) is 28.3. The lowest BCUT2D eigenvalue weighted by Crippen LogP contribution is -2.29. The summed E-state index contributed by atoms with van der Waals surface area (Å²) in [4.78, 5) is 50.2. The van der Waals surface area contributed by atoms with Crippen molar-refractivity contribution in [2.45, 2.75) is 34.1 Å². The van der Waals surface area contributed by atoms with Gasteiger partial charge >= 0.3 is 11.9 Å². The van der Waals surface area contributed by atoms with Crippen LogP contribution >= 0.6 is 0 Å². The van der Waals surface area contributed by atoms with Crippen molar-refractivity contribution in [3.8, 4) is 11.1 Å². The van der Waals surface area contributed by atoms with Crippen molar-refractivity contribution >= 4 is 34.2 Å². The van der Waals surface area contributed by atoms with Gasteiger partial charge in [0.05, 0.1) is 35.0 Å². The average molecular weight is 529 g/mol. The van der Waals surface area contributed by atoms with Crippen molar-refractivity contribution in [3.05, 3.63) is 98.4 Å². The molecule has 200 valence electrons. The van der Waals surface area contributed by atoms with E-state index in [-0.39, 0.29) is 42.2 Å². The van der Waals surface area contributed by atoms with E-state index in [1.165, 1.54) is 18.3 Å². The third-order valence-corrected chi connectivity index (χ3v) is 6.43. The van der Waals surface area contributed by atoms with Crippen LogP contribution in [-0.2, 0) is 19.1 Å². The number of aryl methyl sites for hydroxylation is 2. The molecular weight excluding hydrogens is 500 g/mol. The molecule has 0 fully saturated rings. The van der Waals surface area contributed by atoms with Crippen LogP contribution in [-0.4, -0.2) is 35.9 Å². The minimum absolute atomic E-state index is 0.0228. The lowest BCUT2D eigenvalue weighted by atomic mass is 9.87. The highest BCUT2D eigenvalue weighted by atomic mass is 16.6. The van der Waals surface area contributed by atoms with Crippen LogP contribution in [0.4, 0.5) is 5.69 Å². The van der Waals surface area contributed by atoms with Gasteiger partial charge in [0.15, 0.2) is 0 Å². The smallest absolute Gasteiger partial charge is 0.336 e. The van der Waals surface area contributed by atoms with Crippen molar-refractivity contribution in [2.75, 3.05) is 13.2 Å². The largest absolute Gasteiger partial charge is 0.463 e. The summed E-state index contributed by atoms with van der Waals surface area (Å²) in [7, 11) is 0. The number of ether oxygens (including phenoxy) is 2. The third-order valence-electron chi connectivity index (χ3n) is 6.43. The molecule has 0 atom stereocenters. The number of nitro groups is 1. The van der Waals surface area contributed by atoms with Gasteiger partial charge in [-0.15, -0.1) is 0 Å². The second kappa shape index (κ2) is 11.3. The average Bonchev–Trinajstić information content (AvgIpc) is 2.92. The molecule has 0 spiro atoms. The predicted octanol–water partition coefficient (Wildman–Crippen LogP) is 5.47. The first-order valence-electron chi connectivity index (χ1n) is 12.5. The number of esters is 2. The van der Waals surface area contributed by atoms with Gasteiger partial charge in [-0.05, 0) is 55.2 Å². The minimum Gasteiger partial charge on any atom is -0.463 e. The zero-order valence-corrected chi connectivity index (χ0v) is 22.1. The number of allylic oxidation sites excluding steroid dienone is 1. The highest BCUT2D eigenvalue weighted by Gasteiger charge is 2.31. The highest BCUT2D eigenvalue weighted by Crippen LogP contribution is 2.37. The molecule has 0 amide bonds. The van der Waals surface area contributed by atoms with Crippen molar-refractivity contribution in [1.29, 1.82) is 0 Å². The molecule has 0 aromatic heterocycles. The number of hydrogen-bond donors (Lipinski definition) is 1. The summed E-state index contributed by atoms with van der Waals surface area (Å²) in [5.41, 5.74) is 3.55. The maximum Gasteiger partial charge on any atom is 0.336 e. The first kappa shape index (κ1) is 27.3. The molecule has 0 bridgehead atoms. The Morgan fingerprint density at radius 3 is 2.36 bits per heavy atom. The summed E-state index contributed by atoms with van der Waals surface area (Å²) in [5, 5.41) is 15.6. The van der Waals surface area contributed by atoms with E-state index < -0.39 is 22.6 Å². The Morgan fingerprint density at radius 2 is 1.67 bits per heavy atom. The number of carbonyl (C=O) groups excluding carboxylic acids is 3. The Balaban J connectivity index is 1.89. The molecule has 0 unspecified atom stereocenters. The van der Waals surface area contributed by atoms with Gasteiger partial charge in [0.2, 0.25) is 5.78 Å². The number of carbonyl (C=O) groups is 3. The molecule has 1 aliphatic rings. The SMILES string of the molecule is CCOC(=O)C1=CNC(C(=O)c2c(C)cc(-c3cccc([N+](=O)[O-])c3)c3cc(C)ccc23)=C(C(=O)OCC)C1. The van der Waals surface area contributed by atoms with Gasteiger partial charge in [-0.2, -0.15) is 0 Å². The second-order valence-electron chi connectivity index (χ2n) is 9.09. The van der Waals surface area contributed by atoms with E-state index >= 15 is 0 Å². The van der Waals surface area contributed by atoms with E-state index in [0.29, 0.717) is 22.1 Å². The number of hydrogen-bond acceptors (Lipinski definition) is 8. The van der Waals surface area contributed by atoms with Crippen molar-refractivity contribution < 1.29 is 28.8 Å². The highest BCUT2D eigenvalue weighted by molar-refractivity contribution is 6.21. The number of nitrogens with one attached hydrogen (secondary N) is 1. The van der Waals surface area contributed by atoms with Crippen LogP contribution in [0.2, 0.25) is 0 Å². The van der Waals surface area contributed by atoms with Crippen LogP contribution in [0, 0.1) is 24.0 Å². The Labute approximate surface area is 225 Å². The quantitative estimate of drug-likeness (QED) is 0.177. The Hall–Kier alpha value is -4.79. The molecule has 1 N–H and O–H groups in total. The molecule has 9 heteroatoms. The summed E-state index contributed by atoms with van der Waals surface area (Å²) in [5.74, 6) is -1.72. The third kappa shape index (κ3) is 5.43. The topological polar surface area (TPSA) is 125 Å². The Bertz CT molecular complexity index is 1580. The van der Waals surface area contributed by atoms with E-state index in [9.17, 15) is 24.5 Å². The van der Waals surface area contributed by atoms with Crippen LogP contribution in [0.15, 0.2) is 71.6 Å². The number of fused-ring (bicyclic) bond motifs is 1. The van der Waals surface area contributed by atoms with Gasteiger partial charge in [0, 0.05) is 30.3 Å². The van der Waals surface area contributed by atoms with Crippen molar-refractivity contribution in [1.82, 2.24) is 5.32 Å². The molecule has 9 nitrogen and oxygen atoms in total. The molecule has 0 saturated heterocycles. The first-order valence-corrected chi connectivity index (χ1v) is 12.5. The monoisotopic (exact) mass is 528 g/mol. The number of dihydropyridines is 1. The van der Waals surface area contributed by atoms with E-state index in [2.05, 4.69) is 5.32 Å². The van der Waals surface area contributed by atoms with Crippen LogP contribution in [0.25, 0.3) is 21.9 Å². The summed E-state index contributed by atoms with van der Waals surface area (Å²) < 4.78 is 10.3. The number of non-ortho nitro benzene ring substituents is 1. The number of Topliss-reactive ketones (excluding diaryl/α,β-unsaturated/α-hetero) is 1. The molecule has 0 radical (unpaired) electrons. The molecule has 3 aromatic carbocycles. The van der Waals surface area contributed by atoms with Crippen molar-refractivity contribution in [3.63, 3.8) is 0 Å². The normalized spacial score (nSPS) is 13.0. The molecule has 3 aromatic rings. The number of nitro benzene ring substituents is 1. The van der Waals surface area contributed by atoms with E-state index in [4.69, 9.17) is 9.47 Å². The van der Waals surface area contributed by atoms with Gasteiger partial charge in [0.25, 0.3) is 5.69 Å². The molecule has 1 aliphatic heterocycles. The number of rotatable bonds is 8. The number of ketones is 1. The second-order valence-corrected chi connectivity index (χ2v) is 9.09. The van der Waals surface area contributed by atoms with E-state index in [1.54, 1.807) is 32.9 Å². The Kier molecular flexibility index (Phi) is 7.90. The number of benzene rings is 3. The maximum atomic E-state index is 14.1.